The van der Waals surface area contributed by atoms with Gasteiger partial charge in [0.05, 0.1) is 19.6 Å². The van der Waals surface area contributed by atoms with Gasteiger partial charge in [0.1, 0.15) is 4.47 Å². The van der Waals surface area contributed by atoms with Gasteiger partial charge in [-0.2, -0.15) is 5.10 Å². The van der Waals surface area contributed by atoms with E-state index in [0.29, 0.717) is 48.6 Å². The molecule has 2 aliphatic heterocycles. The number of esters is 1. The van der Waals surface area contributed by atoms with Crippen LogP contribution in [0.4, 0.5) is 0 Å². The van der Waals surface area contributed by atoms with Crippen molar-refractivity contribution >= 4 is 27.8 Å². The molecule has 1 aromatic heterocycles. The highest BCUT2D eigenvalue weighted by Crippen LogP contribution is 2.32. The normalized spacial score (nSPS) is 18.5. The first-order valence-corrected chi connectivity index (χ1v) is 8.17. The third-order valence-electron chi connectivity index (χ3n) is 4.12. The van der Waals surface area contributed by atoms with Crippen LogP contribution >= 0.6 is 15.9 Å². The molecule has 8 heteroatoms. The Kier molecular flexibility index (Phi) is 4.37. The number of halogens is 1. The molecular formula is C14H18BrN3O4. The van der Waals surface area contributed by atoms with Gasteiger partial charge >= 0.3 is 5.97 Å². The van der Waals surface area contributed by atoms with E-state index in [0.717, 1.165) is 13.0 Å². The summed E-state index contributed by atoms with van der Waals surface area (Å²) in [4.78, 5) is 25.9. The second kappa shape index (κ2) is 6.28. The topological polar surface area (TPSA) is 73.7 Å². The minimum Gasteiger partial charge on any atom is -0.477 e. The Labute approximate surface area is 136 Å². The SMILES string of the molecule is COC(=O)C1CCN(C(=O)c2nn3c(c2Br)OCCC3)CC1. The number of aromatic nitrogens is 2. The van der Waals surface area contributed by atoms with E-state index in [1.807, 2.05) is 0 Å². The van der Waals surface area contributed by atoms with Crippen LogP contribution in [0.25, 0.3) is 0 Å². The number of rotatable bonds is 2. The molecular weight excluding hydrogens is 354 g/mol. The molecule has 0 aromatic carbocycles. The molecule has 0 aliphatic carbocycles. The van der Waals surface area contributed by atoms with E-state index < -0.39 is 0 Å². The number of carbonyl (C=O) groups is 2. The minimum absolute atomic E-state index is 0.115. The lowest BCUT2D eigenvalue weighted by molar-refractivity contribution is -0.146. The number of likely N-dealkylation sites (tertiary alicyclic amines) is 1. The maximum Gasteiger partial charge on any atom is 0.308 e. The smallest absolute Gasteiger partial charge is 0.308 e. The lowest BCUT2D eigenvalue weighted by Crippen LogP contribution is -2.40. The van der Waals surface area contributed by atoms with Gasteiger partial charge < -0.3 is 14.4 Å². The van der Waals surface area contributed by atoms with Crippen LogP contribution in [-0.4, -0.2) is 53.4 Å². The molecule has 0 N–H and O–H groups in total. The van der Waals surface area contributed by atoms with Crippen molar-refractivity contribution < 1.29 is 19.1 Å². The number of methoxy groups -OCH3 is 1. The molecule has 120 valence electrons. The van der Waals surface area contributed by atoms with E-state index in [-0.39, 0.29) is 17.8 Å². The maximum absolute atomic E-state index is 12.6. The molecule has 3 rings (SSSR count). The summed E-state index contributed by atoms with van der Waals surface area (Å²) in [5.41, 5.74) is 0.383. The lowest BCUT2D eigenvalue weighted by atomic mass is 9.97. The molecule has 22 heavy (non-hydrogen) atoms. The molecule has 0 atom stereocenters. The standard InChI is InChI=1S/C14H18BrN3O4/c1-21-14(20)9-3-6-17(7-4-9)12(19)11-10(15)13-18(16-11)5-2-8-22-13/h9H,2-8H2,1H3. The van der Waals surface area contributed by atoms with Gasteiger partial charge in [-0.1, -0.05) is 0 Å². The fourth-order valence-electron chi connectivity index (χ4n) is 2.87. The largest absolute Gasteiger partial charge is 0.477 e. The monoisotopic (exact) mass is 371 g/mol. The van der Waals surface area contributed by atoms with Gasteiger partial charge in [0, 0.05) is 26.1 Å². The number of piperidine rings is 1. The first-order valence-electron chi connectivity index (χ1n) is 7.38. The molecule has 0 radical (unpaired) electrons. The number of nitrogens with zero attached hydrogens (tertiary/aromatic N) is 3. The van der Waals surface area contributed by atoms with E-state index in [4.69, 9.17) is 9.47 Å². The number of hydrogen-bond acceptors (Lipinski definition) is 5. The van der Waals surface area contributed by atoms with Crippen LogP contribution in [-0.2, 0) is 16.1 Å². The molecule has 0 saturated carbocycles. The Bertz CT molecular complexity index is 593. The highest BCUT2D eigenvalue weighted by atomic mass is 79.9. The Hall–Kier alpha value is -1.57. The van der Waals surface area contributed by atoms with Crippen LogP contribution in [0.15, 0.2) is 4.47 Å². The summed E-state index contributed by atoms with van der Waals surface area (Å²) >= 11 is 3.42. The van der Waals surface area contributed by atoms with Crippen LogP contribution < -0.4 is 4.74 Å². The van der Waals surface area contributed by atoms with Crippen LogP contribution in [0.1, 0.15) is 29.8 Å². The highest BCUT2D eigenvalue weighted by molar-refractivity contribution is 9.10. The maximum atomic E-state index is 12.6. The number of fused-ring (bicyclic) bond motifs is 1. The van der Waals surface area contributed by atoms with Gasteiger partial charge in [0.2, 0.25) is 5.88 Å². The Morgan fingerprint density at radius 2 is 2.05 bits per heavy atom. The summed E-state index contributed by atoms with van der Waals surface area (Å²) in [7, 11) is 1.40. The number of carbonyl (C=O) groups excluding carboxylic acids is 2. The lowest BCUT2D eigenvalue weighted by Gasteiger charge is -2.30. The molecule has 3 heterocycles. The number of ether oxygens (including phenoxy) is 2. The summed E-state index contributed by atoms with van der Waals surface area (Å²) in [5, 5.41) is 4.36. The molecule has 0 bridgehead atoms. The first-order chi connectivity index (χ1) is 10.6. The zero-order valence-electron chi connectivity index (χ0n) is 12.4. The van der Waals surface area contributed by atoms with Crippen molar-refractivity contribution in [3.05, 3.63) is 10.2 Å². The van der Waals surface area contributed by atoms with Crippen molar-refractivity contribution in [1.29, 1.82) is 0 Å². The zero-order valence-corrected chi connectivity index (χ0v) is 14.0. The number of amides is 1. The summed E-state index contributed by atoms with van der Waals surface area (Å²) < 4.78 is 12.7. The Morgan fingerprint density at radius 3 is 2.68 bits per heavy atom. The third kappa shape index (κ3) is 2.71. The van der Waals surface area contributed by atoms with Crippen molar-refractivity contribution in [2.75, 3.05) is 26.8 Å². The van der Waals surface area contributed by atoms with Crippen molar-refractivity contribution in [2.45, 2.75) is 25.8 Å². The van der Waals surface area contributed by atoms with E-state index >= 15 is 0 Å². The number of hydrogen-bond donors (Lipinski definition) is 0. The van der Waals surface area contributed by atoms with Crippen LogP contribution in [0.3, 0.4) is 0 Å². The highest BCUT2D eigenvalue weighted by Gasteiger charge is 2.32. The molecule has 1 amide bonds. The quantitative estimate of drug-likeness (QED) is 0.735. The van der Waals surface area contributed by atoms with Crippen molar-refractivity contribution in [1.82, 2.24) is 14.7 Å². The molecule has 2 aliphatic rings. The zero-order chi connectivity index (χ0) is 15.7. The second-order valence-corrected chi connectivity index (χ2v) is 6.28. The van der Waals surface area contributed by atoms with E-state index in [1.165, 1.54) is 7.11 Å². The summed E-state index contributed by atoms with van der Waals surface area (Å²) in [5.74, 6) is 0.190. The van der Waals surface area contributed by atoms with Gasteiger partial charge in [-0.3, -0.25) is 9.59 Å². The summed E-state index contributed by atoms with van der Waals surface area (Å²) in [6.07, 6.45) is 2.14. The third-order valence-corrected chi connectivity index (χ3v) is 4.84. The van der Waals surface area contributed by atoms with Gasteiger partial charge in [0.15, 0.2) is 5.69 Å². The minimum atomic E-state index is -0.195. The van der Waals surface area contributed by atoms with Crippen molar-refractivity contribution in [3.63, 3.8) is 0 Å². The summed E-state index contributed by atoms with van der Waals surface area (Å²) in [6.45, 7) is 2.47. The van der Waals surface area contributed by atoms with Gasteiger partial charge in [-0.05, 0) is 28.8 Å². The van der Waals surface area contributed by atoms with Gasteiger partial charge in [0.25, 0.3) is 5.91 Å². The van der Waals surface area contributed by atoms with Crippen LogP contribution in [0, 0.1) is 5.92 Å². The van der Waals surface area contributed by atoms with E-state index in [1.54, 1.807) is 9.58 Å². The average Bonchev–Trinajstić information content (AvgIpc) is 2.91. The van der Waals surface area contributed by atoms with Crippen molar-refractivity contribution in [3.8, 4) is 5.88 Å². The molecule has 0 unspecified atom stereocenters. The molecule has 0 spiro atoms. The Morgan fingerprint density at radius 1 is 1.32 bits per heavy atom. The predicted octanol–water partition coefficient (Wildman–Crippen LogP) is 1.45. The fraction of sp³-hybridized carbons (Fsp3) is 0.643. The Balaban J connectivity index is 1.70. The molecule has 7 nitrogen and oxygen atoms in total. The fourth-order valence-corrected chi connectivity index (χ4v) is 3.44. The number of aryl methyl sites for hydroxylation is 1. The summed E-state index contributed by atoms with van der Waals surface area (Å²) in [6, 6.07) is 0. The molecule has 1 saturated heterocycles. The van der Waals surface area contributed by atoms with Gasteiger partial charge in [-0.15, -0.1) is 0 Å². The van der Waals surface area contributed by atoms with Crippen LogP contribution in [0.5, 0.6) is 5.88 Å². The van der Waals surface area contributed by atoms with Crippen molar-refractivity contribution in [2.24, 2.45) is 5.92 Å². The predicted molar refractivity (Wildman–Crippen MR) is 80.7 cm³/mol. The average molecular weight is 372 g/mol. The van der Waals surface area contributed by atoms with Crippen LogP contribution in [0.2, 0.25) is 0 Å². The van der Waals surface area contributed by atoms with Gasteiger partial charge in [-0.25, -0.2) is 4.68 Å². The van der Waals surface area contributed by atoms with E-state index in [9.17, 15) is 9.59 Å². The molecule has 1 fully saturated rings. The molecule has 1 aromatic rings. The first kappa shape index (κ1) is 15.3. The second-order valence-electron chi connectivity index (χ2n) is 5.48. The van der Waals surface area contributed by atoms with E-state index in [2.05, 4.69) is 21.0 Å².